The van der Waals surface area contributed by atoms with Gasteiger partial charge in [0.2, 0.25) is 5.91 Å². The molecule has 1 amide bonds. The molecule has 2 aromatic carbocycles. The molecule has 1 heterocycles. The number of halogens is 1. The van der Waals surface area contributed by atoms with Gasteiger partial charge >= 0.3 is 0 Å². The van der Waals surface area contributed by atoms with Gasteiger partial charge in [0.15, 0.2) is 11.5 Å². The zero-order chi connectivity index (χ0) is 19.6. The third-order valence-corrected chi connectivity index (χ3v) is 5.62. The van der Waals surface area contributed by atoms with Crippen molar-refractivity contribution in [2.45, 2.75) is 18.8 Å². The van der Waals surface area contributed by atoms with Crippen LogP contribution in [0.5, 0.6) is 17.2 Å². The first-order valence-corrected chi connectivity index (χ1v) is 9.17. The first-order chi connectivity index (χ1) is 13.0. The molecule has 2 atom stereocenters. The van der Waals surface area contributed by atoms with Gasteiger partial charge < -0.3 is 19.1 Å². The molecule has 0 radical (unpaired) electrons. The molecule has 27 heavy (non-hydrogen) atoms. The summed E-state index contributed by atoms with van der Waals surface area (Å²) in [5.41, 5.74) is 2.07. The summed E-state index contributed by atoms with van der Waals surface area (Å²) < 4.78 is 16.2. The van der Waals surface area contributed by atoms with E-state index >= 15 is 0 Å². The van der Waals surface area contributed by atoms with Crippen molar-refractivity contribution in [1.29, 1.82) is 0 Å². The number of rotatable bonds is 5. The first-order valence-electron chi connectivity index (χ1n) is 8.80. The smallest absolute Gasteiger partial charge is 0.219 e. The summed E-state index contributed by atoms with van der Waals surface area (Å²) in [5.74, 6) is 2.21. The van der Waals surface area contributed by atoms with Crippen LogP contribution in [0.2, 0.25) is 5.02 Å². The minimum absolute atomic E-state index is 0.0574. The normalized spacial score (nSPS) is 19.1. The van der Waals surface area contributed by atoms with Crippen molar-refractivity contribution in [1.82, 2.24) is 4.90 Å². The van der Waals surface area contributed by atoms with Crippen molar-refractivity contribution in [2.75, 3.05) is 34.4 Å². The molecule has 144 valence electrons. The van der Waals surface area contributed by atoms with Crippen molar-refractivity contribution in [3.63, 3.8) is 0 Å². The average Bonchev–Trinajstić information content (AvgIpc) is 3.13. The molecule has 0 unspecified atom stereocenters. The third-order valence-electron chi connectivity index (χ3n) is 5.21. The zero-order valence-electron chi connectivity index (χ0n) is 16.0. The highest BCUT2D eigenvalue weighted by Crippen LogP contribution is 2.45. The van der Waals surface area contributed by atoms with Crippen LogP contribution in [0.25, 0.3) is 0 Å². The number of ether oxygens (including phenoxy) is 3. The fourth-order valence-electron chi connectivity index (χ4n) is 3.77. The van der Waals surface area contributed by atoms with Gasteiger partial charge in [-0.05, 0) is 29.3 Å². The molecule has 1 aliphatic heterocycles. The molecule has 1 aliphatic rings. The average molecular weight is 390 g/mol. The Kier molecular flexibility index (Phi) is 5.80. The highest BCUT2D eigenvalue weighted by Gasteiger charge is 2.37. The Morgan fingerprint density at radius 3 is 2.26 bits per heavy atom. The highest BCUT2D eigenvalue weighted by molar-refractivity contribution is 6.32. The van der Waals surface area contributed by atoms with Crippen LogP contribution in [0.1, 0.15) is 29.9 Å². The lowest BCUT2D eigenvalue weighted by Crippen LogP contribution is -2.25. The molecule has 0 N–H and O–H groups in total. The van der Waals surface area contributed by atoms with E-state index < -0.39 is 0 Å². The van der Waals surface area contributed by atoms with Crippen LogP contribution >= 0.6 is 11.6 Å². The topological polar surface area (TPSA) is 48.0 Å². The van der Waals surface area contributed by atoms with E-state index in [4.69, 9.17) is 25.8 Å². The van der Waals surface area contributed by atoms with E-state index in [0.717, 1.165) is 11.1 Å². The van der Waals surface area contributed by atoms with Crippen LogP contribution in [-0.2, 0) is 4.79 Å². The number of hydrogen-bond donors (Lipinski definition) is 0. The molecule has 0 saturated carbocycles. The molecule has 1 saturated heterocycles. The molecule has 0 aromatic heterocycles. The Hall–Kier alpha value is -2.40. The Morgan fingerprint density at radius 1 is 0.963 bits per heavy atom. The number of methoxy groups -OCH3 is 3. The summed E-state index contributed by atoms with van der Waals surface area (Å²) in [4.78, 5) is 13.9. The monoisotopic (exact) mass is 389 g/mol. The van der Waals surface area contributed by atoms with Crippen molar-refractivity contribution in [3.8, 4) is 17.2 Å². The molecule has 2 aromatic rings. The molecule has 0 aliphatic carbocycles. The summed E-state index contributed by atoms with van der Waals surface area (Å²) in [6.45, 7) is 2.84. The lowest BCUT2D eigenvalue weighted by Gasteiger charge is -2.22. The fourth-order valence-corrected chi connectivity index (χ4v) is 4.11. The summed E-state index contributed by atoms with van der Waals surface area (Å²) >= 11 is 6.60. The molecule has 5 nitrogen and oxygen atoms in total. The van der Waals surface area contributed by atoms with Crippen LogP contribution in [-0.4, -0.2) is 45.2 Å². The minimum atomic E-state index is 0.0574. The van der Waals surface area contributed by atoms with E-state index in [-0.39, 0.29) is 17.7 Å². The van der Waals surface area contributed by atoms with Gasteiger partial charge in [-0.15, -0.1) is 0 Å². The van der Waals surface area contributed by atoms with E-state index in [1.54, 1.807) is 28.3 Å². The lowest BCUT2D eigenvalue weighted by molar-refractivity contribution is -0.127. The SMILES string of the molecule is COc1ccc([C@@H]2CN(C(C)=O)C[C@H]2c2cccc(OC)c2Cl)cc1OC. The van der Waals surface area contributed by atoms with Crippen LogP contribution in [0.4, 0.5) is 0 Å². The van der Waals surface area contributed by atoms with Crippen LogP contribution in [0.3, 0.4) is 0 Å². The van der Waals surface area contributed by atoms with Crippen molar-refractivity contribution >= 4 is 17.5 Å². The van der Waals surface area contributed by atoms with Gasteiger partial charge in [-0.1, -0.05) is 29.8 Å². The molecular formula is C21H24ClNO4. The largest absolute Gasteiger partial charge is 0.495 e. The van der Waals surface area contributed by atoms with Crippen molar-refractivity contribution in [2.24, 2.45) is 0 Å². The highest BCUT2D eigenvalue weighted by atomic mass is 35.5. The van der Waals surface area contributed by atoms with E-state index in [1.807, 2.05) is 41.3 Å². The van der Waals surface area contributed by atoms with Crippen LogP contribution < -0.4 is 14.2 Å². The number of carbonyl (C=O) groups excluding carboxylic acids is 1. The molecule has 0 bridgehead atoms. The summed E-state index contributed by atoms with van der Waals surface area (Å²) in [5, 5.41) is 0.598. The molecular weight excluding hydrogens is 366 g/mol. The number of amides is 1. The van der Waals surface area contributed by atoms with Gasteiger partial charge in [0.1, 0.15) is 5.75 Å². The van der Waals surface area contributed by atoms with Gasteiger partial charge in [-0.25, -0.2) is 0 Å². The maximum absolute atomic E-state index is 12.1. The second kappa shape index (κ2) is 8.09. The second-order valence-corrected chi connectivity index (χ2v) is 6.99. The maximum Gasteiger partial charge on any atom is 0.219 e. The number of benzene rings is 2. The third kappa shape index (κ3) is 3.69. The summed E-state index contributed by atoms with van der Waals surface area (Å²) in [6.07, 6.45) is 0. The van der Waals surface area contributed by atoms with Crippen molar-refractivity contribution in [3.05, 3.63) is 52.5 Å². The Bertz CT molecular complexity index is 839. The standard InChI is InChI=1S/C21H24ClNO4/c1-13(24)23-11-16(14-8-9-18(25-2)20(10-14)27-4)17(12-23)15-6-5-7-19(26-3)21(15)22/h5-10,16-17H,11-12H2,1-4H3/t16-,17-/m0/s1. The fraction of sp³-hybridized carbons (Fsp3) is 0.381. The lowest BCUT2D eigenvalue weighted by atomic mass is 9.84. The van der Waals surface area contributed by atoms with Crippen molar-refractivity contribution < 1.29 is 19.0 Å². The minimum Gasteiger partial charge on any atom is -0.495 e. The number of likely N-dealkylation sites (tertiary alicyclic amines) is 1. The number of nitrogens with zero attached hydrogens (tertiary/aromatic N) is 1. The molecule has 6 heteroatoms. The summed E-state index contributed by atoms with van der Waals surface area (Å²) in [6, 6.07) is 11.7. The molecule has 0 spiro atoms. The van der Waals surface area contributed by atoms with Gasteiger partial charge in [-0.3, -0.25) is 4.79 Å². The maximum atomic E-state index is 12.1. The van der Waals surface area contributed by atoms with Crippen LogP contribution in [0.15, 0.2) is 36.4 Å². The predicted molar refractivity (Wildman–Crippen MR) is 105 cm³/mol. The van der Waals surface area contributed by atoms with E-state index in [9.17, 15) is 4.79 Å². The first kappa shape index (κ1) is 19.4. The Labute approximate surface area is 164 Å². The summed E-state index contributed by atoms with van der Waals surface area (Å²) in [7, 11) is 4.84. The number of carbonyl (C=O) groups is 1. The van der Waals surface area contributed by atoms with E-state index in [2.05, 4.69) is 0 Å². The molecule has 3 rings (SSSR count). The van der Waals surface area contributed by atoms with E-state index in [1.165, 1.54) is 0 Å². The van der Waals surface area contributed by atoms with Crippen LogP contribution in [0, 0.1) is 0 Å². The van der Waals surface area contributed by atoms with E-state index in [0.29, 0.717) is 35.4 Å². The van der Waals surface area contributed by atoms with Gasteiger partial charge in [0, 0.05) is 31.8 Å². The Balaban J connectivity index is 2.05. The second-order valence-electron chi connectivity index (χ2n) is 6.61. The van der Waals surface area contributed by atoms with Gasteiger partial charge in [0.25, 0.3) is 0 Å². The quantitative estimate of drug-likeness (QED) is 0.772. The zero-order valence-corrected chi connectivity index (χ0v) is 16.7. The van der Waals surface area contributed by atoms with Gasteiger partial charge in [0.05, 0.1) is 26.4 Å². The number of hydrogen-bond acceptors (Lipinski definition) is 4. The Morgan fingerprint density at radius 2 is 1.63 bits per heavy atom. The molecule has 1 fully saturated rings. The van der Waals surface area contributed by atoms with Gasteiger partial charge in [-0.2, -0.15) is 0 Å². The predicted octanol–water partition coefficient (Wildman–Crippen LogP) is 4.10.